The van der Waals surface area contributed by atoms with Gasteiger partial charge in [-0.15, -0.1) is 0 Å². The van der Waals surface area contributed by atoms with Crippen molar-refractivity contribution in [2.75, 3.05) is 16.4 Å². The fourth-order valence-electron chi connectivity index (χ4n) is 2.42. The highest BCUT2D eigenvalue weighted by molar-refractivity contribution is 7.91. The van der Waals surface area contributed by atoms with E-state index < -0.39 is 50.8 Å². The number of nitrogen functional groups attached to an aromatic ring is 1. The molecule has 0 aliphatic rings. The SMILES string of the molecule is NS(=O)(=O)c1snc(Nc2c(Nc3ccccc3)c(=O)c2=O)c1O.Nc1nsc(S(N)(=O)=O)c1O. The molecule has 0 radical (unpaired) electrons. The van der Waals surface area contributed by atoms with Crippen molar-refractivity contribution in [3.8, 4) is 11.5 Å². The molecule has 0 amide bonds. The number of anilines is 5. The summed E-state index contributed by atoms with van der Waals surface area (Å²) in [7, 11) is -8.03. The first-order valence-corrected chi connectivity index (χ1v) is 13.5. The van der Waals surface area contributed by atoms with Crippen molar-refractivity contribution in [2.45, 2.75) is 8.42 Å². The molecular formula is C16H15N7O8S4. The molecule has 0 aliphatic heterocycles. The van der Waals surface area contributed by atoms with Crippen LogP contribution in [0.3, 0.4) is 0 Å². The maximum atomic E-state index is 11.7. The molecule has 2 aromatic carbocycles. The van der Waals surface area contributed by atoms with E-state index in [1.807, 2.05) is 0 Å². The molecule has 0 fully saturated rings. The highest BCUT2D eigenvalue weighted by Gasteiger charge is 2.26. The second-order valence-electron chi connectivity index (χ2n) is 6.49. The minimum Gasteiger partial charge on any atom is -0.503 e. The largest absolute Gasteiger partial charge is 0.503 e. The highest BCUT2D eigenvalue weighted by atomic mass is 32.3. The summed E-state index contributed by atoms with van der Waals surface area (Å²) in [4.78, 5) is 23.4. The summed E-state index contributed by atoms with van der Waals surface area (Å²) in [6, 6.07) is 8.66. The summed E-state index contributed by atoms with van der Waals surface area (Å²) < 4.78 is 49.9. The van der Waals surface area contributed by atoms with Crippen LogP contribution in [-0.4, -0.2) is 35.8 Å². The van der Waals surface area contributed by atoms with Crippen LogP contribution in [0, 0.1) is 0 Å². The molecule has 35 heavy (non-hydrogen) atoms. The number of hydrogen-bond acceptors (Lipinski definition) is 15. The summed E-state index contributed by atoms with van der Waals surface area (Å²) in [5.74, 6) is -1.77. The maximum Gasteiger partial charge on any atom is 0.253 e. The maximum absolute atomic E-state index is 11.7. The lowest BCUT2D eigenvalue weighted by molar-refractivity contribution is 0.465. The van der Waals surface area contributed by atoms with Gasteiger partial charge in [0.1, 0.15) is 11.4 Å². The number of rotatable bonds is 6. The molecule has 2 heterocycles. The van der Waals surface area contributed by atoms with Crippen LogP contribution < -0.4 is 37.5 Å². The molecule has 2 aromatic heterocycles. The topological polar surface area (TPSA) is 271 Å². The average molecular weight is 562 g/mol. The molecule has 19 heteroatoms. The number of primary sulfonamides is 2. The van der Waals surface area contributed by atoms with Crippen LogP contribution in [0.15, 0.2) is 48.3 Å². The van der Waals surface area contributed by atoms with Crippen molar-refractivity contribution in [1.82, 2.24) is 8.75 Å². The summed E-state index contributed by atoms with van der Waals surface area (Å²) >= 11 is 0.997. The Kier molecular flexibility index (Phi) is 7.10. The number of nitrogens with one attached hydrogen (secondary N) is 2. The average Bonchev–Trinajstić information content (AvgIpc) is 3.33. The summed E-state index contributed by atoms with van der Waals surface area (Å²) in [5.41, 5.74) is 3.99. The number of aromatic hydroxyl groups is 2. The number of para-hydroxylation sites is 1. The second-order valence-corrected chi connectivity index (χ2v) is 11.5. The lowest BCUT2D eigenvalue weighted by Gasteiger charge is -2.13. The molecule has 186 valence electrons. The lowest BCUT2D eigenvalue weighted by atomic mass is 10.1. The van der Waals surface area contributed by atoms with Gasteiger partial charge in [-0.1, -0.05) is 18.2 Å². The Morgan fingerprint density at radius 2 is 1.26 bits per heavy atom. The third-order valence-electron chi connectivity index (χ3n) is 4.01. The van der Waals surface area contributed by atoms with Crippen molar-refractivity contribution in [2.24, 2.45) is 10.3 Å². The fraction of sp³-hybridized carbons (Fsp3) is 0. The molecule has 4 rings (SSSR count). The molecule has 0 aliphatic carbocycles. The molecular weight excluding hydrogens is 546 g/mol. The van der Waals surface area contributed by atoms with Gasteiger partial charge < -0.3 is 26.6 Å². The highest BCUT2D eigenvalue weighted by Crippen LogP contribution is 2.36. The molecule has 0 bridgehead atoms. The first kappa shape index (κ1) is 26.0. The number of hydrogen-bond donors (Lipinski definition) is 7. The first-order chi connectivity index (χ1) is 16.2. The standard InChI is InChI=1S/C13H10N4O5S2.C3H5N3O3S2/c14-24(21,22)13-11(20)12(17-23-13)16-8-7(9(18)10(8)19)15-6-4-2-1-3-5-6;4-2-1(7)3(10-6-2)11(5,8)9/h1-5,15,20H,(H,16,17)(H2,14,21,22);7H,(H2,4,6)(H2,5,8,9). The number of benzene rings is 1. The van der Waals surface area contributed by atoms with E-state index in [2.05, 4.69) is 19.4 Å². The zero-order valence-corrected chi connectivity index (χ0v) is 20.3. The van der Waals surface area contributed by atoms with E-state index in [-0.39, 0.29) is 23.0 Å². The van der Waals surface area contributed by atoms with E-state index >= 15 is 0 Å². The fourth-order valence-corrected chi connectivity index (χ4v) is 5.16. The van der Waals surface area contributed by atoms with E-state index in [0.717, 1.165) is 0 Å². The number of aromatic nitrogens is 2. The Morgan fingerprint density at radius 3 is 1.69 bits per heavy atom. The van der Waals surface area contributed by atoms with Gasteiger partial charge in [0.05, 0.1) is 0 Å². The van der Waals surface area contributed by atoms with Gasteiger partial charge in [0.25, 0.3) is 30.9 Å². The van der Waals surface area contributed by atoms with Crippen LogP contribution in [0.2, 0.25) is 0 Å². The first-order valence-electron chi connectivity index (χ1n) is 8.82. The molecule has 15 nitrogen and oxygen atoms in total. The second kappa shape index (κ2) is 9.56. The minimum atomic E-state index is -4.14. The van der Waals surface area contributed by atoms with E-state index in [9.17, 15) is 31.5 Å². The van der Waals surface area contributed by atoms with Gasteiger partial charge in [-0.2, -0.15) is 8.75 Å². The third kappa shape index (κ3) is 5.55. The monoisotopic (exact) mass is 561 g/mol. The van der Waals surface area contributed by atoms with E-state index in [1.54, 1.807) is 30.3 Å². The lowest BCUT2D eigenvalue weighted by Crippen LogP contribution is -2.35. The Bertz CT molecular complexity index is 1670. The van der Waals surface area contributed by atoms with Crippen LogP contribution in [-0.2, 0) is 20.0 Å². The third-order valence-corrected chi connectivity index (χ3v) is 8.56. The predicted octanol–water partition coefficient (Wildman–Crippen LogP) is -0.342. The quantitative estimate of drug-likeness (QED) is 0.149. The molecule has 0 spiro atoms. The van der Waals surface area contributed by atoms with Gasteiger partial charge in [-0.3, -0.25) is 9.59 Å². The van der Waals surface area contributed by atoms with E-state index in [1.165, 1.54) is 0 Å². The van der Waals surface area contributed by atoms with Crippen molar-refractivity contribution in [3.05, 3.63) is 50.8 Å². The minimum absolute atomic E-state index is 0.00393. The Morgan fingerprint density at radius 1 is 0.771 bits per heavy atom. The molecule has 0 unspecified atom stereocenters. The van der Waals surface area contributed by atoms with Crippen LogP contribution >= 0.6 is 23.1 Å². The van der Waals surface area contributed by atoms with Gasteiger partial charge in [0.15, 0.2) is 31.6 Å². The van der Waals surface area contributed by atoms with Crippen molar-refractivity contribution < 1.29 is 27.0 Å². The van der Waals surface area contributed by atoms with Crippen LogP contribution in [0.5, 0.6) is 11.5 Å². The van der Waals surface area contributed by atoms with Crippen LogP contribution in [0.4, 0.5) is 28.7 Å². The van der Waals surface area contributed by atoms with Gasteiger partial charge in [-0.05, 0) is 35.2 Å². The molecule has 0 atom stereocenters. The number of nitrogens with two attached hydrogens (primary N) is 3. The molecule has 4 aromatic rings. The Labute approximate surface area is 204 Å². The van der Waals surface area contributed by atoms with Gasteiger partial charge in [-0.25, -0.2) is 27.1 Å². The van der Waals surface area contributed by atoms with Crippen LogP contribution in [0.1, 0.15) is 0 Å². The van der Waals surface area contributed by atoms with E-state index in [0.29, 0.717) is 28.8 Å². The van der Waals surface area contributed by atoms with Crippen LogP contribution in [0.25, 0.3) is 0 Å². The van der Waals surface area contributed by atoms with Crippen molar-refractivity contribution >= 4 is 71.8 Å². The zero-order chi connectivity index (χ0) is 26.1. The Balaban J connectivity index is 0.000000261. The molecule has 0 saturated heterocycles. The number of sulfonamides is 2. The van der Waals surface area contributed by atoms with Gasteiger partial charge in [0, 0.05) is 5.69 Å². The molecule has 10 N–H and O–H groups in total. The Hall–Kier alpha value is -3.62. The number of nitrogens with zero attached hydrogens (tertiary/aromatic N) is 2. The van der Waals surface area contributed by atoms with Gasteiger partial charge >= 0.3 is 0 Å². The van der Waals surface area contributed by atoms with Crippen molar-refractivity contribution in [1.29, 1.82) is 0 Å². The normalized spacial score (nSPS) is 11.6. The van der Waals surface area contributed by atoms with Crippen molar-refractivity contribution in [3.63, 3.8) is 0 Å². The summed E-state index contributed by atoms with van der Waals surface area (Å²) in [6.07, 6.45) is 0. The van der Waals surface area contributed by atoms with Gasteiger partial charge in [0.2, 0.25) is 0 Å². The smallest absolute Gasteiger partial charge is 0.253 e. The zero-order valence-electron chi connectivity index (χ0n) is 17.0. The molecule has 0 saturated carbocycles. The summed E-state index contributed by atoms with van der Waals surface area (Å²) in [6.45, 7) is 0. The predicted molar refractivity (Wildman–Crippen MR) is 129 cm³/mol. The van der Waals surface area contributed by atoms with E-state index in [4.69, 9.17) is 21.1 Å². The summed E-state index contributed by atoms with van der Waals surface area (Å²) in [5, 5.41) is 33.7.